The van der Waals surface area contributed by atoms with Gasteiger partial charge in [0.15, 0.2) is 6.61 Å². The third kappa shape index (κ3) is 8.11. The predicted molar refractivity (Wildman–Crippen MR) is 107 cm³/mol. The third-order valence-electron chi connectivity index (χ3n) is 4.77. The number of carbonyl (C=O) groups excluding carboxylic acids is 4. The van der Waals surface area contributed by atoms with Crippen LogP contribution in [0.15, 0.2) is 24.3 Å². The van der Waals surface area contributed by atoms with Crippen molar-refractivity contribution < 1.29 is 23.9 Å². The van der Waals surface area contributed by atoms with Crippen LogP contribution < -0.4 is 16.0 Å². The van der Waals surface area contributed by atoms with Gasteiger partial charge >= 0.3 is 12.0 Å². The van der Waals surface area contributed by atoms with Crippen LogP contribution in [0.2, 0.25) is 5.02 Å². The van der Waals surface area contributed by atoms with Gasteiger partial charge < -0.3 is 15.4 Å². The van der Waals surface area contributed by atoms with Gasteiger partial charge in [-0.2, -0.15) is 0 Å². The highest BCUT2D eigenvalue weighted by Crippen LogP contribution is 2.23. The van der Waals surface area contributed by atoms with E-state index >= 15 is 0 Å². The average molecular weight is 424 g/mol. The van der Waals surface area contributed by atoms with E-state index in [9.17, 15) is 19.2 Å². The van der Waals surface area contributed by atoms with Crippen molar-refractivity contribution in [1.29, 1.82) is 0 Å². The van der Waals surface area contributed by atoms with Crippen molar-refractivity contribution in [3.63, 3.8) is 0 Å². The Morgan fingerprint density at radius 1 is 1.10 bits per heavy atom. The number of ether oxygens (including phenoxy) is 1. The van der Waals surface area contributed by atoms with Crippen LogP contribution in [0.4, 0.5) is 4.79 Å². The van der Waals surface area contributed by atoms with Crippen molar-refractivity contribution in [3.8, 4) is 0 Å². The zero-order valence-electron chi connectivity index (χ0n) is 16.3. The molecule has 3 N–H and O–H groups in total. The van der Waals surface area contributed by atoms with Crippen LogP contribution in [0, 0.1) is 5.92 Å². The molecule has 8 nitrogen and oxygen atoms in total. The Balaban J connectivity index is 1.60. The molecule has 1 aliphatic rings. The number of nitrogens with one attached hydrogen (secondary N) is 3. The standard InChI is InChI=1S/C20H26ClN3O5/c1-13-4-2-3-5-16(13)23-20(28)24-17(25)12-29-18(26)10-11-22-19(27)14-6-8-15(21)9-7-14/h6-9,13,16H,2-5,10-12H2,1H3,(H,22,27)(H2,23,24,25,28)/t13-,16-/m1/s1. The van der Waals surface area contributed by atoms with E-state index in [1.807, 2.05) is 0 Å². The molecule has 0 aliphatic heterocycles. The largest absolute Gasteiger partial charge is 0.456 e. The number of hydrogen-bond donors (Lipinski definition) is 3. The second kappa shape index (κ2) is 11.4. The summed E-state index contributed by atoms with van der Waals surface area (Å²) in [5.41, 5.74) is 0.417. The zero-order valence-corrected chi connectivity index (χ0v) is 17.1. The molecule has 0 spiro atoms. The van der Waals surface area contributed by atoms with E-state index in [0.29, 0.717) is 16.5 Å². The highest BCUT2D eigenvalue weighted by Gasteiger charge is 2.23. The van der Waals surface area contributed by atoms with Crippen LogP contribution in [0.3, 0.4) is 0 Å². The highest BCUT2D eigenvalue weighted by molar-refractivity contribution is 6.30. The van der Waals surface area contributed by atoms with Crippen LogP contribution in [0.25, 0.3) is 0 Å². The minimum atomic E-state index is -0.704. The van der Waals surface area contributed by atoms with E-state index in [4.69, 9.17) is 16.3 Å². The monoisotopic (exact) mass is 423 g/mol. The van der Waals surface area contributed by atoms with Crippen molar-refractivity contribution in [3.05, 3.63) is 34.9 Å². The first-order chi connectivity index (χ1) is 13.8. The van der Waals surface area contributed by atoms with E-state index in [1.165, 1.54) is 0 Å². The number of amides is 4. The molecule has 158 valence electrons. The quantitative estimate of drug-likeness (QED) is 0.583. The fourth-order valence-electron chi connectivity index (χ4n) is 3.10. The molecule has 0 bridgehead atoms. The molecule has 1 aromatic carbocycles. The third-order valence-corrected chi connectivity index (χ3v) is 5.02. The first kappa shape index (κ1) is 22.7. The summed E-state index contributed by atoms with van der Waals surface area (Å²) in [5.74, 6) is -1.34. The molecule has 9 heteroatoms. The SMILES string of the molecule is C[C@@H]1CCCC[C@H]1NC(=O)NC(=O)COC(=O)CCNC(=O)c1ccc(Cl)cc1. The summed E-state index contributed by atoms with van der Waals surface area (Å²) in [6, 6.07) is 5.78. The van der Waals surface area contributed by atoms with Crippen LogP contribution in [0.1, 0.15) is 49.4 Å². The average Bonchev–Trinajstić information content (AvgIpc) is 2.68. The Hall–Kier alpha value is -2.61. The lowest BCUT2D eigenvalue weighted by Crippen LogP contribution is -2.48. The normalized spacial score (nSPS) is 18.4. The van der Waals surface area contributed by atoms with E-state index < -0.39 is 24.5 Å². The lowest BCUT2D eigenvalue weighted by atomic mass is 9.86. The maximum Gasteiger partial charge on any atom is 0.321 e. The minimum absolute atomic E-state index is 0.0448. The summed E-state index contributed by atoms with van der Waals surface area (Å²) in [4.78, 5) is 47.2. The number of carbonyl (C=O) groups is 4. The lowest BCUT2D eigenvalue weighted by molar-refractivity contribution is -0.148. The van der Waals surface area contributed by atoms with E-state index in [-0.39, 0.29) is 24.9 Å². The number of benzene rings is 1. The predicted octanol–water partition coefficient (Wildman–Crippen LogP) is 2.41. The number of hydrogen-bond acceptors (Lipinski definition) is 5. The van der Waals surface area contributed by atoms with Crippen molar-refractivity contribution in [2.24, 2.45) is 5.92 Å². The van der Waals surface area contributed by atoms with Gasteiger partial charge in [0.2, 0.25) is 0 Å². The summed E-state index contributed by atoms with van der Waals surface area (Å²) in [5, 5.41) is 8.03. The number of halogens is 1. The molecule has 1 aromatic rings. The van der Waals surface area contributed by atoms with Gasteiger partial charge in [-0.25, -0.2) is 4.79 Å². The van der Waals surface area contributed by atoms with Crippen molar-refractivity contribution in [2.45, 2.75) is 45.1 Å². The van der Waals surface area contributed by atoms with Gasteiger partial charge in [-0.3, -0.25) is 19.7 Å². The fraction of sp³-hybridized carbons (Fsp3) is 0.500. The van der Waals surface area contributed by atoms with Crippen molar-refractivity contribution >= 4 is 35.4 Å². The van der Waals surface area contributed by atoms with Gasteiger partial charge in [0.1, 0.15) is 0 Å². The molecule has 2 atom stereocenters. The second-order valence-electron chi connectivity index (χ2n) is 7.06. The van der Waals surface area contributed by atoms with Crippen LogP contribution >= 0.6 is 11.6 Å². The number of rotatable bonds is 7. The van der Waals surface area contributed by atoms with Gasteiger partial charge in [0.05, 0.1) is 6.42 Å². The lowest BCUT2D eigenvalue weighted by Gasteiger charge is -2.29. The van der Waals surface area contributed by atoms with Gasteiger partial charge in [0, 0.05) is 23.2 Å². The van der Waals surface area contributed by atoms with Gasteiger partial charge in [-0.1, -0.05) is 31.4 Å². The van der Waals surface area contributed by atoms with E-state index in [0.717, 1.165) is 25.7 Å². The van der Waals surface area contributed by atoms with Gasteiger partial charge in [-0.15, -0.1) is 0 Å². The van der Waals surface area contributed by atoms with Crippen LogP contribution in [-0.2, 0) is 14.3 Å². The summed E-state index contributed by atoms with van der Waals surface area (Å²) < 4.78 is 4.82. The number of urea groups is 1. The van der Waals surface area contributed by atoms with Crippen LogP contribution in [0.5, 0.6) is 0 Å². The summed E-state index contributed by atoms with van der Waals surface area (Å²) in [6.07, 6.45) is 4.04. The van der Waals surface area contributed by atoms with Gasteiger partial charge in [0.25, 0.3) is 11.8 Å². The molecule has 1 saturated carbocycles. The first-order valence-electron chi connectivity index (χ1n) is 9.65. The molecule has 4 amide bonds. The molecule has 1 fully saturated rings. The molecule has 0 radical (unpaired) electrons. The van der Waals surface area contributed by atoms with E-state index in [1.54, 1.807) is 24.3 Å². The highest BCUT2D eigenvalue weighted by atomic mass is 35.5. The van der Waals surface area contributed by atoms with Gasteiger partial charge in [-0.05, 0) is 43.0 Å². The summed E-state index contributed by atoms with van der Waals surface area (Å²) >= 11 is 5.76. The fourth-order valence-corrected chi connectivity index (χ4v) is 3.22. The molecule has 0 saturated heterocycles. The Bertz CT molecular complexity index is 738. The van der Waals surface area contributed by atoms with E-state index in [2.05, 4.69) is 22.9 Å². The molecular weight excluding hydrogens is 398 g/mol. The summed E-state index contributed by atoms with van der Waals surface area (Å²) in [7, 11) is 0. The Morgan fingerprint density at radius 2 is 1.79 bits per heavy atom. The second-order valence-corrected chi connectivity index (χ2v) is 7.50. The number of imide groups is 1. The molecule has 0 heterocycles. The molecule has 1 aliphatic carbocycles. The zero-order chi connectivity index (χ0) is 21.2. The van der Waals surface area contributed by atoms with Crippen molar-refractivity contribution in [1.82, 2.24) is 16.0 Å². The maximum absolute atomic E-state index is 11.9. The Kier molecular flexibility index (Phi) is 8.92. The van der Waals surface area contributed by atoms with Crippen molar-refractivity contribution in [2.75, 3.05) is 13.2 Å². The molecule has 0 unspecified atom stereocenters. The maximum atomic E-state index is 11.9. The minimum Gasteiger partial charge on any atom is -0.456 e. The Morgan fingerprint density at radius 3 is 2.48 bits per heavy atom. The number of esters is 1. The molecule has 2 rings (SSSR count). The van der Waals surface area contributed by atoms with Crippen LogP contribution in [-0.4, -0.2) is 43.0 Å². The Labute approximate surface area is 174 Å². The molecular formula is C20H26ClN3O5. The topological polar surface area (TPSA) is 114 Å². The molecule has 29 heavy (non-hydrogen) atoms. The summed E-state index contributed by atoms with van der Waals surface area (Å²) in [6.45, 7) is 1.57. The first-order valence-corrected chi connectivity index (χ1v) is 10.0. The molecule has 0 aromatic heterocycles. The smallest absolute Gasteiger partial charge is 0.321 e.